The summed E-state index contributed by atoms with van der Waals surface area (Å²) in [5.74, 6) is 1.47. The van der Waals surface area contributed by atoms with Gasteiger partial charge in [-0.25, -0.2) is 0 Å². The van der Waals surface area contributed by atoms with Crippen molar-refractivity contribution in [2.75, 3.05) is 20.3 Å². The summed E-state index contributed by atoms with van der Waals surface area (Å²) < 4.78 is 11.3. The molecule has 0 saturated carbocycles. The van der Waals surface area contributed by atoms with Crippen LogP contribution in [0.5, 0.6) is 11.5 Å². The van der Waals surface area contributed by atoms with Gasteiger partial charge < -0.3 is 19.9 Å². The van der Waals surface area contributed by atoms with Crippen molar-refractivity contribution in [3.05, 3.63) is 59.7 Å². The number of ether oxygens (including phenoxy) is 2. The molecule has 25 heavy (non-hydrogen) atoms. The predicted octanol–water partition coefficient (Wildman–Crippen LogP) is 3.60. The van der Waals surface area contributed by atoms with Crippen molar-refractivity contribution in [1.82, 2.24) is 5.32 Å². The van der Waals surface area contributed by atoms with Crippen molar-refractivity contribution in [3.8, 4) is 11.5 Å². The van der Waals surface area contributed by atoms with Gasteiger partial charge in [-0.15, -0.1) is 12.4 Å². The van der Waals surface area contributed by atoms with Crippen LogP contribution in [0.2, 0.25) is 0 Å². The van der Waals surface area contributed by atoms with Gasteiger partial charge in [0, 0.05) is 18.5 Å². The Morgan fingerprint density at radius 3 is 2.36 bits per heavy atom. The summed E-state index contributed by atoms with van der Waals surface area (Å²) in [6.07, 6.45) is 0.859. The summed E-state index contributed by atoms with van der Waals surface area (Å²) in [5, 5.41) is 12.6. The minimum atomic E-state index is -0.307. The molecule has 0 aliphatic rings. The van der Waals surface area contributed by atoms with Gasteiger partial charge in [0.25, 0.3) is 0 Å². The summed E-state index contributed by atoms with van der Waals surface area (Å²) in [7, 11) is 1.65. The molecule has 0 saturated heterocycles. The molecule has 4 nitrogen and oxygen atoms in total. The van der Waals surface area contributed by atoms with Crippen molar-refractivity contribution >= 4 is 12.4 Å². The number of rotatable bonds is 9. The maximum Gasteiger partial charge on any atom is 0.161 e. The molecule has 0 aliphatic heterocycles. The Balaban J connectivity index is 0.00000312. The SMILES string of the molecule is COc1cc(CNC(C)(C)CO)ccc1OCCc1ccccc1.Cl. The lowest BCUT2D eigenvalue weighted by Crippen LogP contribution is -2.42. The molecular formula is C20H28ClNO3. The fourth-order valence-electron chi connectivity index (χ4n) is 2.26. The van der Waals surface area contributed by atoms with Crippen LogP contribution in [0.25, 0.3) is 0 Å². The minimum Gasteiger partial charge on any atom is -0.493 e. The highest BCUT2D eigenvalue weighted by molar-refractivity contribution is 5.85. The van der Waals surface area contributed by atoms with Gasteiger partial charge >= 0.3 is 0 Å². The summed E-state index contributed by atoms with van der Waals surface area (Å²) in [6.45, 7) is 5.28. The van der Waals surface area contributed by atoms with Gasteiger partial charge in [-0.3, -0.25) is 0 Å². The molecule has 0 atom stereocenters. The second kappa shape index (κ2) is 10.3. The molecule has 0 spiro atoms. The number of aliphatic hydroxyl groups excluding tert-OH is 1. The highest BCUT2D eigenvalue weighted by Crippen LogP contribution is 2.28. The fraction of sp³-hybridized carbons (Fsp3) is 0.400. The van der Waals surface area contributed by atoms with Crippen LogP contribution in [0.4, 0.5) is 0 Å². The average molecular weight is 366 g/mol. The molecule has 0 bridgehead atoms. The monoisotopic (exact) mass is 365 g/mol. The maximum absolute atomic E-state index is 9.30. The molecule has 5 heteroatoms. The molecule has 2 aromatic rings. The summed E-state index contributed by atoms with van der Waals surface area (Å²) in [5.41, 5.74) is 2.03. The van der Waals surface area contributed by atoms with E-state index in [1.54, 1.807) is 7.11 Å². The zero-order valence-electron chi connectivity index (χ0n) is 15.1. The highest BCUT2D eigenvalue weighted by Gasteiger charge is 2.15. The molecule has 0 radical (unpaired) electrons. The Hall–Kier alpha value is -1.75. The average Bonchev–Trinajstić information content (AvgIpc) is 2.61. The molecule has 0 aromatic heterocycles. The lowest BCUT2D eigenvalue weighted by Gasteiger charge is -2.23. The van der Waals surface area contributed by atoms with Crippen LogP contribution in [0.3, 0.4) is 0 Å². The van der Waals surface area contributed by atoms with E-state index in [0.29, 0.717) is 13.2 Å². The number of aliphatic hydroxyl groups is 1. The van der Waals surface area contributed by atoms with Crippen molar-refractivity contribution in [2.24, 2.45) is 0 Å². The first-order chi connectivity index (χ1) is 11.5. The van der Waals surface area contributed by atoms with Gasteiger partial charge in [0.2, 0.25) is 0 Å². The van der Waals surface area contributed by atoms with Crippen molar-refractivity contribution < 1.29 is 14.6 Å². The number of methoxy groups -OCH3 is 1. The Kier molecular flexibility index (Phi) is 8.76. The zero-order chi connectivity index (χ0) is 17.4. The first kappa shape index (κ1) is 21.3. The van der Waals surface area contributed by atoms with Crippen LogP contribution in [0, 0.1) is 0 Å². The number of halogens is 1. The number of hydrogen-bond acceptors (Lipinski definition) is 4. The smallest absolute Gasteiger partial charge is 0.161 e. The molecule has 0 heterocycles. The van der Waals surface area contributed by atoms with Gasteiger partial charge in [0.15, 0.2) is 11.5 Å². The third kappa shape index (κ3) is 6.94. The van der Waals surface area contributed by atoms with Gasteiger partial charge in [0.05, 0.1) is 20.3 Å². The molecule has 0 unspecified atom stereocenters. The Morgan fingerprint density at radius 2 is 1.72 bits per heavy atom. The van der Waals surface area contributed by atoms with Crippen LogP contribution in [0.1, 0.15) is 25.0 Å². The quantitative estimate of drug-likeness (QED) is 0.713. The maximum atomic E-state index is 9.30. The normalized spacial score (nSPS) is 10.9. The number of nitrogens with one attached hydrogen (secondary N) is 1. The van der Waals surface area contributed by atoms with Crippen LogP contribution >= 0.6 is 12.4 Å². The Bertz CT molecular complexity index is 632. The fourth-order valence-corrected chi connectivity index (χ4v) is 2.26. The molecule has 138 valence electrons. The van der Waals surface area contributed by atoms with E-state index in [4.69, 9.17) is 9.47 Å². The largest absolute Gasteiger partial charge is 0.493 e. The van der Waals surface area contributed by atoms with Crippen LogP contribution in [-0.4, -0.2) is 31.0 Å². The van der Waals surface area contributed by atoms with E-state index in [9.17, 15) is 5.11 Å². The topological polar surface area (TPSA) is 50.7 Å². The second-order valence-electron chi connectivity index (χ2n) is 6.46. The number of benzene rings is 2. The lowest BCUT2D eigenvalue weighted by atomic mass is 10.1. The van der Waals surface area contributed by atoms with Crippen molar-refractivity contribution in [1.29, 1.82) is 0 Å². The van der Waals surface area contributed by atoms with Gasteiger partial charge in [-0.2, -0.15) is 0 Å². The van der Waals surface area contributed by atoms with E-state index in [-0.39, 0.29) is 24.6 Å². The predicted molar refractivity (Wildman–Crippen MR) is 104 cm³/mol. The second-order valence-corrected chi connectivity index (χ2v) is 6.46. The Morgan fingerprint density at radius 1 is 1.00 bits per heavy atom. The van der Waals surface area contributed by atoms with Gasteiger partial charge in [-0.1, -0.05) is 36.4 Å². The minimum absolute atomic E-state index is 0. The highest BCUT2D eigenvalue weighted by atomic mass is 35.5. The molecule has 2 rings (SSSR count). The molecule has 2 N–H and O–H groups in total. The van der Waals surface area contributed by atoms with Crippen molar-refractivity contribution in [3.63, 3.8) is 0 Å². The van der Waals surface area contributed by atoms with E-state index in [1.165, 1.54) is 5.56 Å². The van der Waals surface area contributed by atoms with E-state index in [2.05, 4.69) is 17.4 Å². The molecular weight excluding hydrogens is 338 g/mol. The standard InChI is InChI=1S/C20H27NO3.ClH/c1-20(2,15-22)21-14-17-9-10-18(19(13-17)23-3)24-12-11-16-7-5-4-6-8-16;/h4-10,13,21-22H,11-12,14-15H2,1-3H3;1H. The van der Waals surface area contributed by atoms with E-state index >= 15 is 0 Å². The van der Waals surface area contributed by atoms with Crippen molar-refractivity contribution in [2.45, 2.75) is 32.4 Å². The first-order valence-electron chi connectivity index (χ1n) is 8.23. The van der Waals surface area contributed by atoms with Crippen LogP contribution in [0.15, 0.2) is 48.5 Å². The third-order valence-corrected chi connectivity index (χ3v) is 3.89. The Labute approximate surface area is 156 Å². The zero-order valence-corrected chi connectivity index (χ0v) is 15.9. The van der Waals surface area contributed by atoms with Crippen LogP contribution in [-0.2, 0) is 13.0 Å². The van der Waals surface area contributed by atoms with E-state index < -0.39 is 0 Å². The van der Waals surface area contributed by atoms with E-state index in [0.717, 1.165) is 23.5 Å². The molecule has 0 aliphatic carbocycles. The molecule has 0 amide bonds. The number of hydrogen-bond donors (Lipinski definition) is 2. The summed E-state index contributed by atoms with van der Waals surface area (Å²) in [4.78, 5) is 0. The molecule has 0 fully saturated rings. The summed E-state index contributed by atoms with van der Waals surface area (Å²) >= 11 is 0. The van der Waals surface area contributed by atoms with Gasteiger partial charge in [-0.05, 0) is 37.1 Å². The van der Waals surface area contributed by atoms with E-state index in [1.807, 2.05) is 50.2 Å². The van der Waals surface area contributed by atoms with Gasteiger partial charge in [0.1, 0.15) is 0 Å². The first-order valence-corrected chi connectivity index (χ1v) is 8.23. The molecule has 2 aromatic carbocycles. The lowest BCUT2D eigenvalue weighted by molar-refractivity contribution is 0.187. The summed E-state index contributed by atoms with van der Waals surface area (Å²) in [6, 6.07) is 16.2. The van der Waals surface area contributed by atoms with Crippen LogP contribution < -0.4 is 14.8 Å². The third-order valence-electron chi connectivity index (χ3n) is 3.89.